The Kier molecular flexibility index (Phi) is 4.91. The standard InChI is InChI=1S/C18H26FNO/c19-17-7-3-2-6-15(17)9-13-20-14-16-8-12-18(21-16)10-4-1-5-11-18/h2-3,6-7,16,20H,1,4-5,8-14H2. The molecule has 1 spiro atoms. The Morgan fingerprint density at radius 2 is 1.95 bits per heavy atom. The van der Waals surface area contributed by atoms with Gasteiger partial charge >= 0.3 is 0 Å². The van der Waals surface area contributed by atoms with Gasteiger partial charge in [0, 0.05) is 6.54 Å². The Morgan fingerprint density at radius 3 is 2.76 bits per heavy atom. The highest BCUT2D eigenvalue weighted by Gasteiger charge is 2.40. The van der Waals surface area contributed by atoms with Crippen molar-refractivity contribution in [2.75, 3.05) is 13.1 Å². The number of hydrogen-bond acceptors (Lipinski definition) is 2. The SMILES string of the molecule is Fc1ccccc1CCNCC1CCC2(CCCCC2)O1. The molecule has 1 saturated carbocycles. The van der Waals surface area contributed by atoms with Gasteiger partial charge in [0.15, 0.2) is 0 Å². The van der Waals surface area contributed by atoms with Crippen molar-refractivity contribution in [1.82, 2.24) is 5.32 Å². The molecule has 1 aromatic carbocycles. The highest BCUT2D eigenvalue weighted by Crippen LogP contribution is 2.41. The lowest BCUT2D eigenvalue weighted by Crippen LogP contribution is -2.35. The van der Waals surface area contributed by atoms with E-state index >= 15 is 0 Å². The van der Waals surface area contributed by atoms with E-state index in [9.17, 15) is 4.39 Å². The minimum atomic E-state index is -0.0995. The molecule has 21 heavy (non-hydrogen) atoms. The first kappa shape index (κ1) is 15.0. The average Bonchev–Trinajstić information content (AvgIpc) is 2.89. The highest BCUT2D eigenvalue weighted by molar-refractivity contribution is 5.17. The Balaban J connectivity index is 1.38. The van der Waals surface area contributed by atoms with Crippen LogP contribution >= 0.6 is 0 Å². The van der Waals surface area contributed by atoms with Crippen LogP contribution in [0.25, 0.3) is 0 Å². The fourth-order valence-corrected chi connectivity index (χ4v) is 3.79. The lowest BCUT2D eigenvalue weighted by Gasteiger charge is -2.33. The lowest BCUT2D eigenvalue weighted by atomic mass is 9.83. The van der Waals surface area contributed by atoms with E-state index in [0.717, 1.165) is 25.1 Å². The monoisotopic (exact) mass is 291 g/mol. The highest BCUT2D eigenvalue weighted by atomic mass is 19.1. The van der Waals surface area contributed by atoms with Crippen LogP contribution in [0.1, 0.15) is 50.5 Å². The Bertz CT molecular complexity index is 456. The van der Waals surface area contributed by atoms with Crippen LogP contribution in [0.3, 0.4) is 0 Å². The first-order valence-corrected chi connectivity index (χ1v) is 8.39. The van der Waals surface area contributed by atoms with E-state index in [1.54, 1.807) is 6.07 Å². The predicted molar refractivity (Wildman–Crippen MR) is 82.9 cm³/mol. The molecule has 1 aromatic rings. The molecule has 1 heterocycles. The van der Waals surface area contributed by atoms with Crippen molar-refractivity contribution in [3.63, 3.8) is 0 Å². The summed E-state index contributed by atoms with van der Waals surface area (Å²) in [5, 5.41) is 3.43. The fraction of sp³-hybridized carbons (Fsp3) is 0.667. The van der Waals surface area contributed by atoms with Crippen molar-refractivity contribution in [3.05, 3.63) is 35.6 Å². The van der Waals surface area contributed by atoms with Crippen molar-refractivity contribution >= 4 is 0 Å². The fourth-order valence-electron chi connectivity index (χ4n) is 3.79. The molecule has 0 bridgehead atoms. The number of hydrogen-bond donors (Lipinski definition) is 1. The van der Waals surface area contributed by atoms with Crippen LogP contribution in [0.5, 0.6) is 0 Å². The lowest BCUT2D eigenvalue weighted by molar-refractivity contribution is -0.0622. The number of ether oxygens (including phenoxy) is 1. The van der Waals surface area contributed by atoms with Crippen molar-refractivity contribution in [3.8, 4) is 0 Å². The molecular weight excluding hydrogens is 265 g/mol. The van der Waals surface area contributed by atoms with E-state index in [1.807, 2.05) is 12.1 Å². The molecular formula is C18H26FNO. The summed E-state index contributed by atoms with van der Waals surface area (Å²) in [5.41, 5.74) is 0.997. The van der Waals surface area contributed by atoms with Crippen molar-refractivity contribution in [2.45, 2.75) is 63.1 Å². The zero-order chi connectivity index (χ0) is 14.5. The van der Waals surface area contributed by atoms with Crippen LogP contribution in [0.15, 0.2) is 24.3 Å². The quantitative estimate of drug-likeness (QED) is 0.832. The summed E-state index contributed by atoms with van der Waals surface area (Å²) < 4.78 is 19.8. The zero-order valence-electron chi connectivity index (χ0n) is 12.7. The second-order valence-electron chi connectivity index (χ2n) is 6.57. The summed E-state index contributed by atoms with van der Waals surface area (Å²) >= 11 is 0. The van der Waals surface area contributed by atoms with Crippen molar-refractivity contribution in [1.29, 1.82) is 0 Å². The third-order valence-corrected chi connectivity index (χ3v) is 5.00. The molecule has 0 amide bonds. The minimum Gasteiger partial charge on any atom is -0.370 e. The van der Waals surface area contributed by atoms with Gasteiger partial charge in [-0.3, -0.25) is 0 Å². The number of nitrogens with one attached hydrogen (secondary N) is 1. The van der Waals surface area contributed by atoms with Gasteiger partial charge in [0.1, 0.15) is 5.82 Å². The van der Waals surface area contributed by atoms with Gasteiger partial charge in [0.2, 0.25) is 0 Å². The van der Waals surface area contributed by atoms with Gasteiger partial charge in [-0.15, -0.1) is 0 Å². The Labute approximate surface area is 127 Å². The molecule has 1 saturated heterocycles. The van der Waals surface area contributed by atoms with Crippen molar-refractivity contribution in [2.24, 2.45) is 0 Å². The molecule has 1 N–H and O–H groups in total. The number of halogens is 1. The van der Waals surface area contributed by atoms with Crippen LogP contribution in [0.2, 0.25) is 0 Å². The maximum Gasteiger partial charge on any atom is 0.126 e. The Morgan fingerprint density at radius 1 is 1.14 bits per heavy atom. The first-order chi connectivity index (χ1) is 10.3. The third-order valence-electron chi connectivity index (χ3n) is 5.00. The molecule has 1 aliphatic carbocycles. The molecule has 3 heteroatoms. The van der Waals surface area contributed by atoms with E-state index < -0.39 is 0 Å². The molecule has 0 radical (unpaired) electrons. The number of rotatable bonds is 5. The third kappa shape index (κ3) is 3.83. The smallest absolute Gasteiger partial charge is 0.126 e. The molecule has 2 aliphatic rings. The molecule has 1 aliphatic heterocycles. The second-order valence-corrected chi connectivity index (χ2v) is 6.57. The van der Waals surface area contributed by atoms with Crippen LogP contribution in [-0.2, 0) is 11.2 Å². The van der Waals surface area contributed by atoms with Crippen LogP contribution < -0.4 is 5.32 Å². The van der Waals surface area contributed by atoms with Gasteiger partial charge in [0.25, 0.3) is 0 Å². The van der Waals surface area contributed by atoms with E-state index in [1.165, 1.54) is 51.0 Å². The van der Waals surface area contributed by atoms with E-state index in [4.69, 9.17) is 4.74 Å². The average molecular weight is 291 g/mol. The zero-order valence-corrected chi connectivity index (χ0v) is 12.7. The molecule has 3 rings (SSSR count). The van der Waals surface area contributed by atoms with Gasteiger partial charge in [-0.1, -0.05) is 37.5 Å². The summed E-state index contributed by atoms with van der Waals surface area (Å²) in [6, 6.07) is 7.02. The van der Waals surface area contributed by atoms with E-state index in [-0.39, 0.29) is 11.4 Å². The molecule has 0 aromatic heterocycles. The minimum absolute atomic E-state index is 0.0995. The second kappa shape index (κ2) is 6.89. The van der Waals surface area contributed by atoms with Crippen molar-refractivity contribution < 1.29 is 9.13 Å². The van der Waals surface area contributed by atoms with Crippen LogP contribution in [-0.4, -0.2) is 24.8 Å². The van der Waals surface area contributed by atoms with Gasteiger partial charge < -0.3 is 10.1 Å². The van der Waals surface area contributed by atoms with Crippen LogP contribution in [0, 0.1) is 5.82 Å². The van der Waals surface area contributed by atoms with Gasteiger partial charge in [-0.2, -0.15) is 0 Å². The maximum absolute atomic E-state index is 13.5. The largest absolute Gasteiger partial charge is 0.370 e. The van der Waals surface area contributed by atoms with E-state index in [0.29, 0.717) is 6.10 Å². The van der Waals surface area contributed by atoms with E-state index in [2.05, 4.69) is 5.32 Å². The summed E-state index contributed by atoms with van der Waals surface area (Å²) in [7, 11) is 0. The summed E-state index contributed by atoms with van der Waals surface area (Å²) in [4.78, 5) is 0. The molecule has 2 nitrogen and oxygen atoms in total. The molecule has 1 unspecified atom stereocenters. The van der Waals surface area contributed by atoms with Gasteiger partial charge in [0.05, 0.1) is 11.7 Å². The first-order valence-electron chi connectivity index (χ1n) is 8.39. The summed E-state index contributed by atoms with van der Waals surface area (Å²) in [6.07, 6.45) is 10.0. The summed E-state index contributed by atoms with van der Waals surface area (Å²) in [6.45, 7) is 1.71. The number of benzene rings is 1. The van der Waals surface area contributed by atoms with Gasteiger partial charge in [-0.05, 0) is 50.3 Å². The van der Waals surface area contributed by atoms with Crippen LogP contribution in [0.4, 0.5) is 4.39 Å². The van der Waals surface area contributed by atoms with Gasteiger partial charge in [-0.25, -0.2) is 4.39 Å². The topological polar surface area (TPSA) is 21.3 Å². The molecule has 2 fully saturated rings. The predicted octanol–water partition coefficient (Wildman–Crippen LogP) is 3.84. The molecule has 1 atom stereocenters. The normalized spacial score (nSPS) is 24.5. The Hall–Kier alpha value is -0.930. The summed E-state index contributed by atoms with van der Waals surface area (Å²) in [5.74, 6) is -0.0995. The maximum atomic E-state index is 13.5. The molecule has 116 valence electrons.